The summed E-state index contributed by atoms with van der Waals surface area (Å²) in [6.07, 6.45) is 4.17. The first-order valence-electron chi connectivity index (χ1n) is 5.99. The first kappa shape index (κ1) is 12.6. The molecule has 1 aromatic carbocycles. The summed E-state index contributed by atoms with van der Waals surface area (Å²) in [7, 11) is 0. The van der Waals surface area contributed by atoms with Crippen molar-refractivity contribution >= 4 is 40.2 Å². The summed E-state index contributed by atoms with van der Waals surface area (Å²) in [4.78, 5) is 19.1. The number of fused-ring (bicyclic) bond motifs is 1. The molecule has 0 fully saturated rings. The topological polar surface area (TPSA) is 54.9 Å². The molecule has 0 aliphatic rings. The Labute approximate surface area is 120 Å². The molecule has 4 nitrogen and oxygen atoms in total. The van der Waals surface area contributed by atoms with Crippen molar-refractivity contribution in [1.29, 1.82) is 0 Å². The van der Waals surface area contributed by atoms with Crippen LogP contribution >= 0.6 is 11.6 Å². The van der Waals surface area contributed by atoms with Gasteiger partial charge in [-0.2, -0.15) is 0 Å². The maximum absolute atomic E-state index is 10.8. The Morgan fingerprint density at radius 3 is 2.75 bits per heavy atom. The van der Waals surface area contributed by atoms with Gasteiger partial charge in [-0.25, -0.2) is 9.97 Å². The van der Waals surface area contributed by atoms with Crippen LogP contribution in [0.2, 0.25) is 5.15 Å². The van der Waals surface area contributed by atoms with E-state index in [0.29, 0.717) is 16.5 Å². The summed E-state index contributed by atoms with van der Waals surface area (Å²) in [6.45, 7) is 0. The first-order valence-corrected chi connectivity index (χ1v) is 6.36. The third-order valence-electron chi connectivity index (χ3n) is 2.91. The minimum atomic E-state index is 0.442. The average Bonchev–Trinajstić information content (AvgIpc) is 2.49. The minimum absolute atomic E-state index is 0.442. The highest BCUT2D eigenvalue weighted by Crippen LogP contribution is 2.24. The fourth-order valence-electron chi connectivity index (χ4n) is 1.96. The molecule has 0 atom stereocenters. The van der Waals surface area contributed by atoms with Crippen molar-refractivity contribution in [2.45, 2.75) is 0 Å². The summed E-state index contributed by atoms with van der Waals surface area (Å²) in [5.41, 5.74) is 1.44. The van der Waals surface area contributed by atoms with Gasteiger partial charge in [0.2, 0.25) is 0 Å². The van der Waals surface area contributed by atoms with Gasteiger partial charge in [-0.05, 0) is 35.7 Å². The van der Waals surface area contributed by atoms with Crippen LogP contribution in [0.15, 0.2) is 48.8 Å². The number of hydrogen-bond acceptors (Lipinski definition) is 4. The Morgan fingerprint density at radius 2 is 2.00 bits per heavy atom. The largest absolute Gasteiger partial charge is 0.338 e. The molecule has 0 saturated heterocycles. The van der Waals surface area contributed by atoms with E-state index in [1.165, 1.54) is 0 Å². The Hall–Kier alpha value is -2.46. The van der Waals surface area contributed by atoms with E-state index in [0.717, 1.165) is 22.7 Å². The van der Waals surface area contributed by atoms with Crippen LogP contribution in [0.25, 0.3) is 10.8 Å². The number of halogens is 1. The lowest BCUT2D eigenvalue weighted by molar-refractivity contribution is 0.112. The van der Waals surface area contributed by atoms with Crippen LogP contribution < -0.4 is 5.32 Å². The highest BCUT2D eigenvalue weighted by atomic mass is 35.5. The van der Waals surface area contributed by atoms with Crippen LogP contribution in [0.3, 0.4) is 0 Å². The molecule has 0 radical (unpaired) electrons. The Kier molecular flexibility index (Phi) is 3.31. The number of anilines is 2. The Balaban J connectivity index is 2.03. The van der Waals surface area contributed by atoms with Gasteiger partial charge in [-0.1, -0.05) is 17.7 Å². The highest BCUT2D eigenvalue weighted by molar-refractivity contribution is 6.29. The molecule has 3 aromatic rings. The molecule has 0 aliphatic carbocycles. The SMILES string of the molecule is O=Cc1ccc2c(Nc3ccc(Cl)nc3)nccc2c1. The summed E-state index contributed by atoms with van der Waals surface area (Å²) in [6, 6.07) is 10.9. The standard InChI is InChI=1S/C15H10ClN3O/c16-14-4-2-12(8-18-14)19-15-13-3-1-10(9-20)7-11(13)5-6-17-15/h1-9H,(H,17,19). The van der Waals surface area contributed by atoms with E-state index in [2.05, 4.69) is 15.3 Å². The van der Waals surface area contributed by atoms with E-state index in [-0.39, 0.29) is 0 Å². The average molecular weight is 284 g/mol. The quantitative estimate of drug-likeness (QED) is 0.586. The summed E-state index contributed by atoms with van der Waals surface area (Å²) >= 11 is 5.76. The highest BCUT2D eigenvalue weighted by Gasteiger charge is 2.04. The Morgan fingerprint density at radius 1 is 1.10 bits per heavy atom. The second-order valence-electron chi connectivity index (χ2n) is 4.25. The van der Waals surface area contributed by atoms with Gasteiger partial charge in [0.15, 0.2) is 0 Å². The molecule has 0 saturated carbocycles. The zero-order chi connectivity index (χ0) is 13.9. The number of hydrogen-bond donors (Lipinski definition) is 1. The van der Waals surface area contributed by atoms with Gasteiger partial charge >= 0.3 is 0 Å². The number of pyridine rings is 2. The van der Waals surface area contributed by atoms with E-state index in [4.69, 9.17) is 11.6 Å². The summed E-state index contributed by atoms with van der Waals surface area (Å²) in [5.74, 6) is 0.712. The number of carbonyl (C=O) groups is 1. The van der Waals surface area contributed by atoms with Gasteiger partial charge < -0.3 is 5.32 Å². The molecule has 5 heteroatoms. The van der Waals surface area contributed by atoms with Crippen molar-refractivity contribution in [3.05, 3.63) is 59.5 Å². The van der Waals surface area contributed by atoms with Crippen molar-refractivity contribution < 1.29 is 4.79 Å². The zero-order valence-corrected chi connectivity index (χ0v) is 11.1. The molecular formula is C15H10ClN3O. The van der Waals surface area contributed by atoms with Crippen LogP contribution in [0.1, 0.15) is 10.4 Å². The third-order valence-corrected chi connectivity index (χ3v) is 3.14. The van der Waals surface area contributed by atoms with Crippen molar-refractivity contribution in [2.24, 2.45) is 0 Å². The van der Waals surface area contributed by atoms with Crippen molar-refractivity contribution in [1.82, 2.24) is 9.97 Å². The van der Waals surface area contributed by atoms with Crippen LogP contribution in [-0.4, -0.2) is 16.3 Å². The smallest absolute Gasteiger partial charge is 0.150 e. The van der Waals surface area contributed by atoms with Gasteiger partial charge in [0.1, 0.15) is 17.3 Å². The second kappa shape index (κ2) is 5.27. The number of nitrogens with one attached hydrogen (secondary N) is 1. The fourth-order valence-corrected chi connectivity index (χ4v) is 2.07. The van der Waals surface area contributed by atoms with Crippen LogP contribution in [0.4, 0.5) is 11.5 Å². The van der Waals surface area contributed by atoms with E-state index < -0.39 is 0 Å². The third kappa shape index (κ3) is 2.46. The molecule has 0 aliphatic heterocycles. The molecule has 3 rings (SSSR count). The number of benzene rings is 1. The molecule has 98 valence electrons. The van der Waals surface area contributed by atoms with Gasteiger partial charge in [0.25, 0.3) is 0 Å². The molecule has 1 N–H and O–H groups in total. The van der Waals surface area contributed by atoms with Crippen LogP contribution in [0.5, 0.6) is 0 Å². The predicted molar refractivity (Wildman–Crippen MR) is 79.7 cm³/mol. The normalized spacial score (nSPS) is 10.4. The maximum atomic E-state index is 10.8. The number of carbonyl (C=O) groups excluding carboxylic acids is 1. The molecule has 20 heavy (non-hydrogen) atoms. The van der Waals surface area contributed by atoms with Crippen LogP contribution in [0, 0.1) is 0 Å². The number of aromatic nitrogens is 2. The minimum Gasteiger partial charge on any atom is -0.338 e. The van der Waals surface area contributed by atoms with Crippen molar-refractivity contribution in [3.8, 4) is 0 Å². The van der Waals surface area contributed by atoms with E-state index in [1.54, 1.807) is 24.5 Å². The lowest BCUT2D eigenvalue weighted by Gasteiger charge is -2.08. The summed E-state index contributed by atoms with van der Waals surface area (Å²) < 4.78 is 0. The molecular weight excluding hydrogens is 274 g/mol. The molecule has 0 amide bonds. The van der Waals surface area contributed by atoms with Crippen molar-refractivity contribution in [2.75, 3.05) is 5.32 Å². The van der Waals surface area contributed by atoms with Gasteiger partial charge in [-0.3, -0.25) is 4.79 Å². The fraction of sp³-hybridized carbons (Fsp3) is 0. The number of rotatable bonds is 3. The van der Waals surface area contributed by atoms with Crippen LogP contribution in [-0.2, 0) is 0 Å². The maximum Gasteiger partial charge on any atom is 0.150 e. The van der Waals surface area contributed by atoms with E-state index in [1.807, 2.05) is 24.3 Å². The second-order valence-corrected chi connectivity index (χ2v) is 4.64. The first-order chi connectivity index (χ1) is 9.76. The van der Waals surface area contributed by atoms with Crippen molar-refractivity contribution in [3.63, 3.8) is 0 Å². The van der Waals surface area contributed by atoms with E-state index in [9.17, 15) is 4.79 Å². The Bertz CT molecular complexity index is 772. The van der Waals surface area contributed by atoms with Gasteiger partial charge in [0.05, 0.1) is 11.9 Å². The molecule has 0 unspecified atom stereocenters. The monoisotopic (exact) mass is 283 g/mol. The lowest BCUT2D eigenvalue weighted by atomic mass is 10.1. The summed E-state index contributed by atoms with van der Waals surface area (Å²) in [5, 5.41) is 5.52. The van der Waals surface area contributed by atoms with Gasteiger partial charge in [-0.15, -0.1) is 0 Å². The van der Waals surface area contributed by atoms with Gasteiger partial charge in [0, 0.05) is 17.1 Å². The zero-order valence-electron chi connectivity index (χ0n) is 10.4. The number of nitrogens with zero attached hydrogens (tertiary/aromatic N) is 2. The molecule has 2 heterocycles. The predicted octanol–water partition coefficient (Wildman–Crippen LogP) is 3.84. The lowest BCUT2D eigenvalue weighted by Crippen LogP contribution is -1.95. The molecule has 2 aromatic heterocycles. The molecule has 0 bridgehead atoms. The molecule has 0 spiro atoms. The number of aldehydes is 1. The van der Waals surface area contributed by atoms with E-state index >= 15 is 0 Å².